The molecule has 54 heavy (non-hydrogen) atoms. The fraction of sp³-hybridized carbons (Fsp3) is 0.250. The number of fused-ring (bicyclic) bond motifs is 4. The average Bonchev–Trinajstić information content (AvgIpc) is 3.54. The number of rotatable bonds is 7. The normalized spacial score (nSPS) is 26.0. The fourth-order valence-corrected chi connectivity index (χ4v) is 10.2. The fourth-order valence-electron chi connectivity index (χ4n) is 8.98. The summed E-state index contributed by atoms with van der Waals surface area (Å²) in [7, 11) is 2.97. The Labute approximate surface area is 342 Å². The number of anilines is 2. The van der Waals surface area contributed by atoms with E-state index in [-0.39, 0.29) is 41.2 Å². The molecule has 0 bridgehead atoms. The quantitative estimate of drug-likeness (QED) is 0.108. The minimum Gasteiger partial charge on any atom is -0.503 e. The Hall–Kier alpha value is -4.11. The molecule has 2 aliphatic heterocycles. The highest BCUT2D eigenvalue weighted by molar-refractivity contribution is 14.1. The van der Waals surface area contributed by atoms with E-state index in [9.17, 15) is 19.5 Å². The van der Waals surface area contributed by atoms with E-state index in [4.69, 9.17) is 32.7 Å². The Morgan fingerprint density at radius 3 is 2.28 bits per heavy atom. The number of benzene rings is 4. The summed E-state index contributed by atoms with van der Waals surface area (Å²) in [4.78, 5) is 60.4. The summed E-state index contributed by atoms with van der Waals surface area (Å²) in [6.07, 6.45) is 2.32. The Morgan fingerprint density at radius 2 is 1.61 bits per heavy atom. The van der Waals surface area contributed by atoms with Crippen LogP contribution in [0.25, 0.3) is 0 Å². The standard InChI is InChI=1S/C40H31BrCl2IN3O7/c1-53-24-10-3-20(4-11-24)40-28(37(50)47(39(40)52)45-31-14-5-21(42)17-30(31)43)18-27-25(34(40)19-15-29(41)35(48)32(16-19)54-2)12-13-26-33(27)38(51)46(36(26)49)23-8-6-22(44)7-9-23/h3-12,14-17,26-28,33-34,45,48H,13,18H2,1-2H3. The van der Waals surface area contributed by atoms with Crippen LogP contribution in [0.2, 0.25) is 10.0 Å². The minimum atomic E-state index is -1.58. The minimum absolute atomic E-state index is 0.0998. The molecule has 10 nitrogen and oxygen atoms in total. The molecular weight excluding hydrogens is 912 g/mol. The number of nitrogens with one attached hydrogen (secondary N) is 1. The zero-order chi connectivity index (χ0) is 38.2. The molecule has 0 spiro atoms. The Balaban J connectivity index is 1.35. The number of nitrogens with zero attached hydrogens (tertiary/aromatic N) is 2. The van der Waals surface area contributed by atoms with Gasteiger partial charge < -0.3 is 14.6 Å². The first-order chi connectivity index (χ1) is 25.9. The number of aromatic hydroxyl groups is 1. The van der Waals surface area contributed by atoms with Crippen molar-refractivity contribution in [1.82, 2.24) is 5.01 Å². The van der Waals surface area contributed by atoms with Crippen LogP contribution in [0.4, 0.5) is 11.4 Å². The van der Waals surface area contributed by atoms with Gasteiger partial charge in [0.05, 0.1) is 58.3 Å². The second kappa shape index (κ2) is 13.9. The number of carbonyl (C=O) groups excluding carboxylic acids is 4. The van der Waals surface area contributed by atoms with Gasteiger partial charge in [0.2, 0.25) is 11.8 Å². The van der Waals surface area contributed by atoms with Crippen molar-refractivity contribution in [3.05, 3.63) is 120 Å². The maximum atomic E-state index is 15.5. The number of methoxy groups -OCH3 is 2. The number of allylic oxidation sites excluding steroid dienone is 2. The summed E-state index contributed by atoms with van der Waals surface area (Å²) in [5.74, 6) is -5.06. The predicted molar refractivity (Wildman–Crippen MR) is 215 cm³/mol. The molecule has 2 aliphatic carbocycles. The number of phenols is 1. The number of carbonyl (C=O) groups is 4. The maximum absolute atomic E-state index is 15.5. The van der Waals surface area contributed by atoms with Crippen LogP contribution in [-0.4, -0.2) is 48.0 Å². The third-order valence-electron chi connectivity index (χ3n) is 11.3. The van der Waals surface area contributed by atoms with Gasteiger partial charge in [0.1, 0.15) is 5.75 Å². The third kappa shape index (κ3) is 5.54. The highest BCUT2D eigenvalue weighted by Crippen LogP contribution is 2.65. The van der Waals surface area contributed by atoms with Gasteiger partial charge in [-0.05, 0) is 135 Å². The Morgan fingerprint density at radius 1 is 0.889 bits per heavy atom. The molecule has 2 saturated heterocycles. The lowest BCUT2D eigenvalue weighted by Crippen LogP contribution is -2.53. The van der Waals surface area contributed by atoms with Crippen molar-refractivity contribution in [1.29, 1.82) is 0 Å². The lowest BCUT2D eigenvalue weighted by atomic mass is 9.49. The smallest absolute Gasteiger partial charge is 0.260 e. The van der Waals surface area contributed by atoms with Crippen LogP contribution in [0.15, 0.2) is 95.0 Å². The molecule has 4 aromatic carbocycles. The molecule has 4 amide bonds. The molecule has 4 aliphatic rings. The van der Waals surface area contributed by atoms with E-state index in [2.05, 4.69) is 43.9 Å². The molecular formula is C40H31BrCl2IN3O7. The van der Waals surface area contributed by atoms with Gasteiger partial charge in [0.15, 0.2) is 11.5 Å². The lowest BCUT2D eigenvalue weighted by molar-refractivity contribution is -0.138. The highest BCUT2D eigenvalue weighted by Gasteiger charge is 2.70. The largest absolute Gasteiger partial charge is 0.503 e. The molecule has 0 radical (unpaired) electrons. The summed E-state index contributed by atoms with van der Waals surface area (Å²) in [6, 6.07) is 22.3. The van der Waals surface area contributed by atoms with Crippen LogP contribution in [0, 0.1) is 27.2 Å². The molecule has 276 valence electrons. The topological polar surface area (TPSA) is 125 Å². The second-order valence-corrected chi connectivity index (χ2v) is 16.7. The number of phenolic OH excluding ortho intramolecular Hbond substituents is 1. The first-order valence-corrected chi connectivity index (χ1v) is 19.7. The molecule has 14 heteroatoms. The van der Waals surface area contributed by atoms with Gasteiger partial charge in [-0.2, -0.15) is 5.01 Å². The number of imide groups is 2. The van der Waals surface area contributed by atoms with Gasteiger partial charge >= 0.3 is 0 Å². The molecule has 4 aromatic rings. The number of hydrogen-bond donors (Lipinski definition) is 2. The van der Waals surface area contributed by atoms with Crippen LogP contribution in [0.5, 0.6) is 17.2 Å². The zero-order valence-electron chi connectivity index (χ0n) is 28.7. The summed E-state index contributed by atoms with van der Waals surface area (Å²) in [6.45, 7) is 0. The van der Waals surface area contributed by atoms with E-state index in [1.54, 1.807) is 67.8 Å². The Kier molecular flexibility index (Phi) is 9.47. The highest BCUT2D eigenvalue weighted by atomic mass is 127. The van der Waals surface area contributed by atoms with Gasteiger partial charge in [0.25, 0.3) is 11.8 Å². The number of hydrazine groups is 1. The van der Waals surface area contributed by atoms with Gasteiger partial charge in [-0.1, -0.05) is 47.0 Å². The molecule has 6 atom stereocenters. The van der Waals surface area contributed by atoms with Crippen molar-refractivity contribution < 1.29 is 33.8 Å². The van der Waals surface area contributed by atoms with Gasteiger partial charge in [-0.3, -0.25) is 29.5 Å². The zero-order valence-corrected chi connectivity index (χ0v) is 33.9. The third-order valence-corrected chi connectivity index (χ3v) is 13.1. The maximum Gasteiger partial charge on any atom is 0.260 e. The Bertz CT molecular complexity index is 2290. The summed E-state index contributed by atoms with van der Waals surface area (Å²) in [5.41, 5.74) is 4.05. The van der Waals surface area contributed by atoms with Gasteiger partial charge in [0, 0.05) is 14.5 Å². The van der Waals surface area contributed by atoms with E-state index in [1.807, 2.05) is 18.2 Å². The van der Waals surface area contributed by atoms with Gasteiger partial charge in [-0.15, -0.1) is 0 Å². The molecule has 2 heterocycles. The van der Waals surface area contributed by atoms with Crippen LogP contribution in [0.1, 0.15) is 29.9 Å². The van der Waals surface area contributed by atoms with Crippen molar-refractivity contribution in [3.63, 3.8) is 0 Å². The predicted octanol–water partition coefficient (Wildman–Crippen LogP) is 8.27. The average molecular weight is 943 g/mol. The number of amides is 4. The molecule has 6 unspecified atom stereocenters. The van der Waals surface area contributed by atoms with Crippen LogP contribution < -0.4 is 19.8 Å². The summed E-state index contributed by atoms with van der Waals surface area (Å²) < 4.78 is 12.3. The van der Waals surface area contributed by atoms with Crippen molar-refractivity contribution >= 4 is 96.7 Å². The van der Waals surface area contributed by atoms with E-state index in [1.165, 1.54) is 18.1 Å². The first-order valence-electron chi connectivity index (χ1n) is 17.0. The first kappa shape index (κ1) is 36.8. The van der Waals surface area contributed by atoms with Crippen molar-refractivity contribution in [2.24, 2.45) is 23.7 Å². The van der Waals surface area contributed by atoms with Gasteiger partial charge in [-0.25, -0.2) is 0 Å². The molecule has 3 fully saturated rings. The SMILES string of the molecule is COc1ccc(C23C(=O)N(Nc4ccc(Cl)cc4Cl)C(=O)C2CC2C(=CCC4C(=O)N(c5ccc(I)cc5)C(=O)C42)C3c2cc(Br)c(O)c(OC)c2)cc1. The number of hydrogen-bond acceptors (Lipinski definition) is 8. The lowest BCUT2D eigenvalue weighted by Gasteiger charge is -2.50. The van der Waals surface area contributed by atoms with E-state index in [0.29, 0.717) is 37.7 Å². The molecule has 1 saturated carbocycles. The van der Waals surface area contributed by atoms with Crippen LogP contribution in [0.3, 0.4) is 0 Å². The molecule has 2 N–H and O–H groups in total. The van der Waals surface area contributed by atoms with Crippen LogP contribution in [-0.2, 0) is 24.6 Å². The molecule has 8 rings (SSSR count). The summed E-state index contributed by atoms with van der Waals surface area (Å²) >= 11 is 18.4. The molecule has 0 aromatic heterocycles. The van der Waals surface area contributed by atoms with E-state index >= 15 is 4.79 Å². The monoisotopic (exact) mass is 941 g/mol. The van der Waals surface area contributed by atoms with E-state index in [0.717, 1.165) is 14.2 Å². The van der Waals surface area contributed by atoms with E-state index < -0.39 is 46.8 Å². The van der Waals surface area contributed by atoms with Crippen molar-refractivity contribution in [3.8, 4) is 17.2 Å². The number of halogens is 4. The van der Waals surface area contributed by atoms with Crippen molar-refractivity contribution in [2.45, 2.75) is 24.2 Å². The second-order valence-electron chi connectivity index (χ2n) is 13.8. The van der Waals surface area contributed by atoms with Crippen LogP contribution >= 0.6 is 61.7 Å². The summed E-state index contributed by atoms with van der Waals surface area (Å²) in [5, 5.41) is 12.5. The number of ether oxygens (including phenoxy) is 2. The van der Waals surface area contributed by atoms with Crippen molar-refractivity contribution in [2.75, 3.05) is 24.5 Å².